The highest BCUT2D eigenvalue weighted by atomic mass is 19.1. The van der Waals surface area contributed by atoms with Gasteiger partial charge in [-0.05, 0) is 47.0 Å². The summed E-state index contributed by atoms with van der Waals surface area (Å²) in [5.74, 6) is -1.15. The molecule has 0 saturated heterocycles. The van der Waals surface area contributed by atoms with Gasteiger partial charge in [0.1, 0.15) is 17.3 Å². The number of carbonyl (C=O) groups excluding carboxylic acids is 1. The number of carbonyl (C=O) groups is 1. The van der Waals surface area contributed by atoms with Crippen molar-refractivity contribution in [1.29, 1.82) is 0 Å². The fourth-order valence-electron chi connectivity index (χ4n) is 3.27. The predicted molar refractivity (Wildman–Crippen MR) is 107 cm³/mol. The SMILES string of the molecule is O=C(NCc1cccc(F)c1)c1cc2cc(F)cc(-c3ccc(CO)cc3)c2[nH]1. The molecule has 0 aliphatic heterocycles. The zero-order valence-electron chi connectivity index (χ0n) is 15.4. The van der Waals surface area contributed by atoms with Crippen LogP contribution in [0.4, 0.5) is 8.78 Å². The summed E-state index contributed by atoms with van der Waals surface area (Å²) in [4.78, 5) is 15.6. The Morgan fingerprint density at radius 3 is 2.45 bits per heavy atom. The summed E-state index contributed by atoms with van der Waals surface area (Å²) < 4.78 is 27.4. The molecule has 0 spiro atoms. The van der Waals surface area contributed by atoms with Crippen molar-refractivity contribution >= 4 is 16.8 Å². The van der Waals surface area contributed by atoms with E-state index >= 15 is 0 Å². The molecule has 0 aliphatic carbocycles. The Kier molecular flexibility index (Phi) is 5.10. The Morgan fingerprint density at radius 2 is 1.72 bits per heavy atom. The zero-order valence-corrected chi connectivity index (χ0v) is 15.4. The van der Waals surface area contributed by atoms with Gasteiger partial charge >= 0.3 is 0 Å². The van der Waals surface area contributed by atoms with Crippen LogP contribution in [-0.4, -0.2) is 16.0 Å². The van der Waals surface area contributed by atoms with Crippen LogP contribution in [0.25, 0.3) is 22.0 Å². The van der Waals surface area contributed by atoms with Crippen LogP contribution in [0.1, 0.15) is 21.6 Å². The molecule has 29 heavy (non-hydrogen) atoms. The molecule has 0 bridgehead atoms. The molecule has 4 nitrogen and oxygen atoms in total. The highest BCUT2D eigenvalue weighted by molar-refractivity contribution is 6.02. The van der Waals surface area contributed by atoms with Crippen LogP contribution in [-0.2, 0) is 13.2 Å². The van der Waals surface area contributed by atoms with Crippen molar-refractivity contribution in [1.82, 2.24) is 10.3 Å². The van der Waals surface area contributed by atoms with Crippen molar-refractivity contribution in [3.8, 4) is 11.1 Å². The van der Waals surface area contributed by atoms with Gasteiger partial charge in [-0.2, -0.15) is 0 Å². The number of rotatable bonds is 5. The van der Waals surface area contributed by atoms with Gasteiger partial charge in [0.05, 0.1) is 12.1 Å². The van der Waals surface area contributed by atoms with Crippen LogP contribution in [0, 0.1) is 11.6 Å². The summed E-state index contributed by atoms with van der Waals surface area (Å²) in [6.45, 7) is 0.104. The van der Waals surface area contributed by atoms with Crippen molar-refractivity contribution in [3.05, 3.63) is 95.2 Å². The second-order valence-electron chi connectivity index (χ2n) is 6.77. The van der Waals surface area contributed by atoms with E-state index in [4.69, 9.17) is 0 Å². The van der Waals surface area contributed by atoms with Crippen LogP contribution in [0.2, 0.25) is 0 Å². The molecule has 4 aromatic rings. The third-order valence-corrected chi connectivity index (χ3v) is 4.73. The lowest BCUT2D eigenvalue weighted by Gasteiger charge is -2.06. The molecule has 6 heteroatoms. The lowest BCUT2D eigenvalue weighted by molar-refractivity contribution is 0.0946. The van der Waals surface area contributed by atoms with Gasteiger partial charge in [-0.1, -0.05) is 36.4 Å². The maximum atomic E-state index is 14.2. The average Bonchev–Trinajstić information content (AvgIpc) is 3.15. The van der Waals surface area contributed by atoms with E-state index in [1.54, 1.807) is 42.5 Å². The molecule has 0 radical (unpaired) electrons. The first-order chi connectivity index (χ1) is 14.0. The van der Waals surface area contributed by atoms with Gasteiger partial charge in [0.15, 0.2) is 0 Å². The number of benzene rings is 3. The first-order valence-electron chi connectivity index (χ1n) is 9.08. The van der Waals surface area contributed by atoms with Gasteiger partial charge < -0.3 is 15.4 Å². The molecule has 3 N–H and O–H groups in total. The van der Waals surface area contributed by atoms with Gasteiger partial charge in [-0.15, -0.1) is 0 Å². The smallest absolute Gasteiger partial charge is 0.267 e. The molecule has 3 aromatic carbocycles. The Bertz CT molecular complexity index is 1180. The Morgan fingerprint density at radius 1 is 0.931 bits per heavy atom. The van der Waals surface area contributed by atoms with Crippen molar-refractivity contribution in [2.24, 2.45) is 0 Å². The number of halogens is 2. The van der Waals surface area contributed by atoms with Crippen LogP contribution in [0.5, 0.6) is 0 Å². The van der Waals surface area contributed by atoms with E-state index in [0.29, 0.717) is 22.0 Å². The third-order valence-electron chi connectivity index (χ3n) is 4.73. The van der Waals surface area contributed by atoms with E-state index in [1.807, 2.05) is 0 Å². The quantitative estimate of drug-likeness (QED) is 0.467. The molecule has 0 aliphatic rings. The topological polar surface area (TPSA) is 65.1 Å². The van der Waals surface area contributed by atoms with E-state index in [1.165, 1.54) is 24.3 Å². The van der Waals surface area contributed by atoms with Gasteiger partial charge in [0, 0.05) is 17.5 Å². The minimum Gasteiger partial charge on any atom is -0.392 e. The minimum absolute atomic E-state index is 0.0724. The van der Waals surface area contributed by atoms with E-state index in [-0.39, 0.29) is 30.6 Å². The van der Waals surface area contributed by atoms with Gasteiger partial charge in [-0.3, -0.25) is 4.79 Å². The second kappa shape index (κ2) is 7.85. The normalized spacial score (nSPS) is 11.0. The highest BCUT2D eigenvalue weighted by Gasteiger charge is 2.14. The number of hydrogen-bond acceptors (Lipinski definition) is 2. The monoisotopic (exact) mass is 392 g/mol. The molecule has 0 saturated carbocycles. The van der Waals surface area contributed by atoms with E-state index < -0.39 is 5.82 Å². The average molecular weight is 392 g/mol. The maximum Gasteiger partial charge on any atom is 0.267 e. The lowest BCUT2D eigenvalue weighted by atomic mass is 10.0. The van der Waals surface area contributed by atoms with Crippen LogP contribution >= 0.6 is 0 Å². The summed E-state index contributed by atoms with van der Waals surface area (Å²) in [5.41, 5.74) is 3.71. The lowest BCUT2D eigenvalue weighted by Crippen LogP contribution is -2.23. The molecule has 146 valence electrons. The number of aliphatic hydroxyl groups excluding tert-OH is 1. The fraction of sp³-hybridized carbons (Fsp3) is 0.0870. The van der Waals surface area contributed by atoms with E-state index in [0.717, 1.165) is 11.1 Å². The van der Waals surface area contributed by atoms with Crippen molar-refractivity contribution in [2.75, 3.05) is 0 Å². The largest absolute Gasteiger partial charge is 0.392 e. The minimum atomic E-state index is -0.413. The number of aromatic nitrogens is 1. The number of nitrogens with one attached hydrogen (secondary N) is 2. The van der Waals surface area contributed by atoms with Gasteiger partial charge in [-0.25, -0.2) is 8.78 Å². The van der Waals surface area contributed by atoms with Crippen LogP contribution in [0.15, 0.2) is 66.7 Å². The highest BCUT2D eigenvalue weighted by Crippen LogP contribution is 2.30. The summed E-state index contributed by atoms with van der Waals surface area (Å²) in [6, 6.07) is 17.5. The van der Waals surface area contributed by atoms with Crippen LogP contribution < -0.4 is 5.32 Å². The summed E-state index contributed by atoms with van der Waals surface area (Å²) >= 11 is 0. The number of H-pyrrole nitrogens is 1. The predicted octanol–water partition coefficient (Wildman–Crippen LogP) is 4.54. The first-order valence-corrected chi connectivity index (χ1v) is 9.08. The van der Waals surface area contributed by atoms with E-state index in [9.17, 15) is 18.7 Å². The maximum absolute atomic E-state index is 14.2. The number of amides is 1. The summed E-state index contributed by atoms with van der Waals surface area (Å²) in [5, 5.41) is 12.5. The Hall–Kier alpha value is -3.51. The van der Waals surface area contributed by atoms with Gasteiger partial charge in [0.2, 0.25) is 0 Å². The van der Waals surface area contributed by atoms with Crippen LogP contribution in [0.3, 0.4) is 0 Å². The zero-order chi connectivity index (χ0) is 20.4. The number of fused-ring (bicyclic) bond motifs is 1. The Labute approximate surface area is 165 Å². The molecule has 0 atom stereocenters. The third kappa shape index (κ3) is 4.02. The fourth-order valence-corrected chi connectivity index (χ4v) is 3.27. The molecule has 4 rings (SSSR count). The number of hydrogen-bond donors (Lipinski definition) is 3. The molecule has 1 aromatic heterocycles. The first kappa shape index (κ1) is 18.8. The molecule has 1 amide bonds. The van der Waals surface area contributed by atoms with Gasteiger partial charge in [0.25, 0.3) is 5.91 Å². The number of aromatic amines is 1. The second-order valence-corrected chi connectivity index (χ2v) is 6.77. The Balaban J connectivity index is 1.63. The standard InChI is InChI=1S/C23H18F2N2O2/c24-18-3-1-2-15(8-18)12-26-23(29)21-10-17-9-19(25)11-20(22(17)27-21)16-6-4-14(13-28)5-7-16/h1-11,27-28H,12-13H2,(H,26,29). The molecule has 1 heterocycles. The summed E-state index contributed by atoms with van der Waals surface area (Å²) in [6.07, 6.45) is 0. The van der Waals surface area contributed by atoms with E-state index in [2.05, 4.69) is 10.3 Å². The molecule has 0 fully saturated rings. The summed E-state index contributed by atoms with van der Waals surface area (Å²) in [7, 11) is 0. The molecular formula is C23H18F2N2O2. The van der Waals surface area contributed by atoms with Crippen molar-refractivity contribution < 1.29 is 18.7 Å². The van der Waals surface area contributed by atoms with Crippen molar-refractivity contribution in [2.45, 2.75) is 13.2 Å². The van der Waals surface area contributed by atoms with Crippen molar-refractivity contribution in [3.63, 3.8) is 0 Å². The number of aliphatic hydroxyl groups is 1. The molecular weight excluding hydrogens is 374 g/mol. The molecule has 0 unspecified atom stereocenters.